The van der Waals surface area contributed by atoms with E-state index in [0.717, 1.165) is 25.9 Å². The van der Waals surface area contributed by atoms with Crippen molar-refractivity contribution in [2.24, 2.45) is 5.92 Å². The Kier molecular flexibility index (Phi) is 5.80. The summed E-state index contributed by atoms with van der Waals surface area (Å²) in [4.78, 5) is 3.95. The van der Waals surface area contributed by atoms with Crippen molar-refractivity contribution >= 4 is 27.6 Å². The van der Waals surface area contributed by atoms with Crippen molar-refractivity contribution < 1.29 is 8.42 Å². The fourth-order valence-electron chi connectivity index (χ4n) is 2.35. The van der Waals surface area contributed by atoms with Crippen molar-refractivity contribution in [2.45, 2.75) is 19.8 Å². The monoisotopic (exact) mass is 332 g/mol. The lowest BCUT2D eigenvalue weighted by Crippen LogP contribution is -2.43. The molecule has 1 aliphatic heterocycles. The van der Waals surface area contributed by atoms with Crippen molar-refractivity contribution in [3.05, 3.63) is 23.4 Å². The molecule has 1 aromatic rings. The van der Waals surface area contributed by atoms with Crippen molar-refractivity contribution in [1.82, 2.24) is 14.6 Å². The van der Waals surface area contributed by atoms with E-state index in [1.165, 1.54) is 10.5 Å². The molecule has 118 valence electrons. The van der Waals surface area contributed by atoms with Crippen LogP contribution in [0.2, 0.25) is 5.02 Å². The average molecular weight is 333 g/mol. The molecule has 1 saturated heterocycles. The lowest BCUT2D eigenvalue weighted by molar-refractivity contribution is 0.269. The maximum Gasteiger partial charge on any atom is 0.302 e. The third-order valence-corrected chi connectivity index (χ3v) is 5.38. The topological polar surface area (TPSA) is 74.3 Å². The number of halogens is 1. The number of nitrogens with zero attached hydrogens (tertiary/aromatic N) is 2. The Morgan fingerprint density at radius 2 is 2.14 bits per heavy atom. The highest BCUT2D eigenvalue weighted by Crippen LogP contribution is 2.23. The molecule has 0 bridgehead atoms. The van der Waals surface area contributed by atoms with Gasteiger partial charge in [-0.15, -0.1) is 0 Å². The van der Waals surface area contributed by atoms with Gasteiger partial charge in [-0.05, 0) is 44.0 Å². The van der Waals surface area contributed by atoms with Crippen LogP contribution in [0.25, 0.3) is 0 Å². The molecule has 2 N–H and O–H groups in total. The molecule has 1 aromatic heterocycles. The lowest BCUT2D eigenvalue weighted by Gasteiger charge is -2.31. The van der Waals surface area contributed by atoms with Crippen LogP contribution in [0, 0.1) is 5.92 Å². The first kappa shape index (κ1) is 16.5. The van der Waals surface area contributed by atoms with Gasteiger partial charge in [0.05, 0.1) is 5.02 Å². The van der Waals surface area contributed by atoms with Crippen LogP contribution >= 0.6 is 11.6 Å². The fourth-order valence-corrected chi connectivity index (χ4v) is 3.80. The highest BCUT2D eigenvalue weighted by Gasteiger charge is 2.28. The van der Waals surface area contributed by atoms with E-state index in [9.17, 15) is 8.42 Å². The molecule has 2 rings (SSSR count). The molecule has 2 heterocycles. The van der Waals surface area contributed by atoms with Crippen LogP contribution in [0.5, 0.6) is 0 Å². The smallest absolute Gasteiger partial charge is 0.302 e. The zero-order chi connectivity index (χ0) is 15.3. The number of hydrogen-bond acceptors (Lipinski definition) is 4. The van der Waals surface area contributed by atoms with Gasteiger partial charge in [0, 0.05) is 19.3 Å². The Morgan fingerprint density at radius 1 is 1.43 bits per heavy atom. The average Bonchev–Trinajstić information content (AvgIpc) is 2.48. The highest BCUT2D eigenvalue weighted by molar-refractivity contribution is 7.90. The summed E-state index contributed by atoms with van der Waals surface area (Å²) in [7, 11) is -3.59. The minimum absolute atomic E-state index is 0.175. The molecular weight excluding hydrogens is 312 g/mol. The summed E-state index contributed by atoms with van der Waals surface area (Å²) < 4.78 is 28.6. The van der Waals surface area contributed by atoms with Gasteiger partial charge >= 0.3 is 10.2 Å². The molecule has 21 heavy (non-hydrogen) atoms. The predicted octanol–water partition coefficient (Wildman–Crippen LogP) is 1.71. The van der Waals surface area contributed by atoms with Crippen molar-refractivity contribution in [3.8, 4) is 0 Å². The molecule has 0 amide bonds. The Balaban J connectivity index is 1.94. The van der Waals surface area contributed by atoms with E-state index < -0.39 is 10.2 Å². The number of hydrogen-bond donors (Lipinski definition) is 2. The standard InChI is InChI=1S/C13H21ClN4O2S/c1-2-15-10-11-5-8-18(9-6-11)21(19,20)17-13-12(14)4-3-7-16-13/h3-4,7,11,15H,2,5-6,8-10H2,1H3,(H,16,17). The Morgan fingerprint density at radius 3 is 2.76 bits per heavy atom. The van der Waals surface area contributed by atoms with E-state index in [2.05, 4.69) is 21.9 Å². The van der Waals surface area contributed by atoms with Gasteiger partial charge in [0.1, 0.15) is 0 Å². The Bertz CT molecular complexity index is 559. The third-order valence-electron chi connectivity index (χ3n) is 3.58. The van der Waals surface area contributed by atoms with Crippen LogP contribution in [-0.2, 0) is 10.2 Å². The minimum atomic E-state index is -3.59. The second kappa shape index (κ2) is 7.40. The van der Waals surface area contributed by atoms with E-state index in [0.29, 0.717) is 24.0 Å². The molecule has 6 nitrogen and oxygen atoms in total. The summed E-state index contributed by atoms with van der Waals surface area (Å²) in [6.07, 6.45) is 3.24. The van der Waals surface area contributed by atoms with E-state index >= 15 is 0 Å². The molecular formula is C13H21ClN4O2S. The quantitative estimate of drug-likeness (QED) is 0.831. The van der Waals surface area contributed by atoms with E-state index in [1.54, 1.807) is 12.1 Å². The molecule has 0 saturated carbocycles. The Labute approximate surface area is 131 Å². The number of pyridine rings is 1. The summed E-state index contributed by atoms with van der Waals surface area (Å²) in [6.45, 7) is 5.01. The predicted molar refractivity (Wildman–Crippen MR) is 84.6 cm³/mol. The maximum atomic E-state index is 12.3. The second-order valence-corrected chi connectivity index (χ2v) is 7.17. The second-order valence-electron chi connectivity index (χ2n) is 5.09. The summed E-state index contributed by atoms with van der Waals surface area (Å²) >= 11 is 5.93. The van der Waals surface area contributed by atoms with Crippen LogP contribution in [0.15, 0.2) is 18.3 Å². The number of rotatable bonds is 6. The van der Waals surface area contributed by atoms with Crippen molar-refractivity contribution in [3.63, 3.8) is 0 Å². The van der Waals surface area contributed by atoms with Gasteiger partial charge in [-0.25, -0.2) is 4.98 Å². The Hall–Kier alpha value is -0.890. The van der Waals surface area contributed by atoms with Crippen LogP contribution in [0.1, 0.15) is 19.8 Å². The first-order chi connectivity index (χ1) is 10.0. The zero-order valence-corrected chi connectivity index (χ0v) is 13.6. The van der Waals surface area contributed by atoms with Gasteiger partial charge in [-0.2, -0.15) is 12.7 Å². The first-order valence-electron chi connectivity index (χ1n) is 7.12. The number of anilines is 1. The summed E-state index contributed by atoms with van der Waals surface area (Å²) in [5.74, 6) is 0.712. The third kappa shape index (κ3) is 4.54. The van der Waals surface area contributed by atoms with Crippen LogP contribution in [0.4, 0.5) is 5.82 Å². The van der Waals surface area contributed by atoms with Crippen molar-refractivity contribution in [2.75, 3.05) is 30.9 Å². The maximum absolute atomic E-state index is 12.3. The van der Waals surface area contributed by atoms with E-state index in [1.807, 2.05) is 0 Å². The first-order valence-corrected chi connectivity index (χ1v) is 8.94. The number of aromatic nitrogens is 1. The van der Waals surface area contributed by atoms with Gasteiger partial charge in [0.15, 0.2) is 5.82 Å². The molecule has 8 heteroatoms. The molecule has 0 aliphatic carbocycles. The molecule has 0 radical (unpaired) electrons. The largest absolute Gasteiger partial charge is 0.317 e. The minimum Gasteiger partial charge on any atom is -0.317 e. The van der Waals surface area contributed by atoms with Gasteiger partial charge in [0.2, 0.25) is 0 Å². The molecule has 1 fully saturated rings. The summed E-state index contributed by atoms with van der Waals surface area (Å²) in [6, 6.07) is 3.27. The fraction of sp³-hybridized carbons (Fsp3) is 0.615. The van der Waals surface area contributed by atoms with Crippen LogP contribution in [-0.4, -0.2) is 43.9 Å². The van der Waals surface area contributed by atoms with E-state index in [-0.39, 0.29) is 5.82 Å². The highest BCUT2D eigenvalue weighted by atomic mass is 35.5. The molecule has 0 aromatic carbocycles. The lowest BCUT2D eigenvalue weighted by atomic mass is 9.98. The SMILES string of the molecule is CCNCC1CCN(S(=O)(=O)Nc2ncccc2Cl)CC1. The van der Waals surface area contributed by atoms with Gasteiger partial charge in [0.25, 0.3) is 0 Å². The van der Waals surface area contributed by atoms with Gasteiger partial charge in [-0.1, -0.05) is 18.5 Å². The number of nitrogens with one attached hydrogen (secondary N) is 2. The molecule has 0 atom stereocenters. The summed E-state index contributed by atoms with van der Waals surface area (Å²) in [5.41, 5.74) is 0. The normalized spacial score (nSPS) is 17.8. The molecule has 0 spiro atoms. The van der Waals surface area contributed by atoms with E-state index in [4.69, 9.17) is 11.6 Å². The van der Waals surface area contributed by atoms with Gasteiger partial charge < -0.3 is 5.32 Å². The molecule has 0 unspecified atom stereocenters. The van der Waals surface area contributed by atoms with Crippen molar-refractivity contribution in [1.29, 1.82) is 0 Å². The van der Waals surface area contributed by atoms with Crippen LogP contribution in [0.3, 0.4) is 0 Å². The zero-order valence-electron chi connectivity index (χ0n) is 12.0. The van der Waals surface area contributed by atoms with Crippen LogP contribution < -0.4 is 10.0 Å². The van der Waals surface area contributed by atoms with Gasteiger partial charge in [-0.3, -0.25) is 4.72 Å². The molecule has 1 aliphatic rings. The summed E-state index contributed by atoms with van der Waals surface area (Å²) in [5, 5.41) is 3.60. The number of piperidine rings is 1.